The lowest BCUT2D eigenvalue weighted by Crippen LogP contribution is -2.49. The first kappa shape index (κ1) is 24.9. The molecule has 2 bridgehead atoms. The summed E-state index contributed by atoms with van der Waals surface area (Å²) in [4.78, 5) is 28.8. The molecule has 5 nitrogen and oxygen atoms in total. The lowest BCUT2D eigenvalue weighted by atomic mass is 9.98. The molecule has 0 aliphatic carbocycles. The summed E-state index contributed by atoms with van der Waals surface area (Å²) in [5.74, 6) is 2.53. The first-order valence-electron chi connectivity index (χ1n) is 12.6. The van der Waals surface area contributed by atoms with E-state index in [1.54, 1.807) is 30.4 Å². The average Bonchev–Trinajstić information content (AvgIpc) is 3.50. The van der Waals surface area contributed by atoms with Crippen LogP contribution in [0.15, 0.2) is 66.0 Å². The number of thiophene rings is 1. The predicted molar refractivity (Wildman–Crippen MR) is 145 cm³/mol. The molecule has 2 aromatic carbocycles. The lowest BCUT2D eigenvalue weighted by molar-refractivity contribution is 0.0359. The van der Waals surface area contributed by atoms with E-state index in [4.69, 9.17) is 9.47 Å². The lowest BCUT2D eigenvalue weighted by Gasteiger charge is -2.39. The number of nitrogens with zero attached hydrogens (tertiary/aromatic N) is 1. The van der Waals surface area contributed by atoms with E-state index >= 15 is 0 Å². The number of amides is 1. The zero-order valence-electron chi connectivity index (χ0n) is 20.4. The van der Waals surface area contributed by atoms with Crippen molar-refractivity contribution in [3.63, 3.8) is 0 Å². The number of esters is 1. The number of hydrogen-bond donors (Lipinski definition) is 0. The molecule has 2 aliphatic rings. The molecule has 3 aromatic rings. The van der Waals surface area contributed by atoms with Crippen molar-refractivity contribution in [2.75, 3.05) is 6.61 Å². The van der Waals surface area contributed by atoms with Crippen molar-refractivity contribution in [3.05, 3.63) is 87.6 Å². The Kier molecular flexibility index (Phi) is 7.97. The van der Waals surface area contributed by atoms with Gasteiger partial charge in [0, 0.05) is 46.9 Å². The summed E-state index contributed by atoms with van der Waals surface area (Å²) < 4.78 is 11.3. The SMILES string of the molecule is CCOC(=O)c1ccc(OC2C[C@H]3CC[C@@H](C2)N3C(=O)c2ccc(CSCc3cccs3)cc2)cc1. The summed E-state index contributed by atoms with van der Waals surface area (Å²) in [5.41, 5.74) is 2.54. The number of piperidine rings is 1. The van der Waals surface area contributed by atoms with E-state index in [1.165, 1.54) is 10.4 Å². The molecule has 2 saturated heterocycles. The van der Waals surface area contributed by atoms with Crippen molar-refractivity contribution in [2.45, 2.75) is 62.3 Å². The number of hydrogen-bond acceptors (Lipinski definition) is 6. The Labute approximate surface area is 220 Å². The van der Waals surface area contributed by atoms with Gasteiger partial charge in [0.15, 0.2) is 0 Å². The van der Waals surface area contributed by atoms with E-state index in [0.29, 0.717) is 12.2 Å². The van der Waals surface area contributed by atoms with Gasteiger partial charge >= 0.3 is 5.97 Å². The highest BCUT2D eigenvalue weighted by Crippen LogP contribution is 2.38. The summed E-state index contributed by atoms with van der Waals surface area (Å²) in [6.45, 7) is 2.15. The molecule has 5 rings (SSSR count). The molecule has 1 amide bonds. The Morgan fingerprint density at radius 3 is 2.28 bits per heavy atom. The summed E-state index contributed by atoms with van der Waals surface area (Å²) in [5, 5.41) is 2.11. The molecule has 3 heterocycles. The van der Waals surface area contributed by atoms with Gasteiger partial charge in [-0.1, -0.05) is 18.2 Å². The molecule has 0 spiro atoms. The van der Waals surface area contributed by atoms with Crippen LogP contribution in [-0.4, -0.2) is 41.6 Å². The number of carbonyl (C=O) groups is 2. The topological polar surface area (TPSA) is 55.8 Å². The number of carbonyl (C=O) groups excluding carboxylic acids is 2. The Balaban J connectivity index is 1.15. The standard InChI is InChI=1S/C29H31NO4S2/c1-2-33-29(32)22-9-13-25(14-10-22)34-26-16-23-11-12-24(17-26)30(23)28(31)21-7-5-20(6-8-21)18-35-19-27-4-3-15-36-27/h3-10,13-15,23-24,26H,2,11-12,16-19H2,1H3/t23-,24+,26?. The molecule has 0 N–H and O–H groups in total. The second-order valence-electron chi connectivity index (χ2n) is 9.32. The molecule has 0 radical (unpaired) electrons. The molecular weight excluding hydrogens is 490 g/mol. The highest BCUT2D eigenvalue weighted by Gasteiger charge is 2.44. The zero-order valence-corrected chi connectivity index (χ0v) is 22.1. The molecular formula is C29H31NO4S2. The number of ether oxygens (including phenoxy) is 2. The molecule has 1 aromatic heterocycles. The van der Waals surface area contributed by atoms with Gasteiger partial charge in [0.25, 0.3) is 5.91 Å². The van der Waals surface area contributed by atoms with E-state index in [9.17, 15) is 9.59 Å². The van der Waals surface area contributed by atoms with Crippen molar-refractivity contribution < 1.29 is 19.1 Å². The van der Waals surface area contributed by atoms with E-state index in [0.717, 1.165) is 48.5 Å². The van der Waals surface area contributed by atoms with Gasteiger partial charge < -0.3 is 14.4 Å². The summed E-state index contributed by atoms with van der Waals surface area (Å²) in [6.07, 6.45) is 3.78. The van der Waals surface area contributed by atoms with Gasteiger partial charge in [0.1, 0.15) is 11.9 Å². The third kappa shape index (κ3) is 5.79. The van der Waals surface area contributed by atoms with Gasteiger partial charge in [-0.05, 0) is 73.2 Å². The molecule has 2 fully saturated rings. The van der Waals surface area contributed by atoms with Gasteiger partial charge in [0.2, 0.25) is 0 Å². The first-order chi connectivity index (χ1) is 17.6. The molecule has 1 unspecified atom stereocenters. The van der Waals surface area contributed by atoms with Gasteiger partial charge in [-0.25, -0.2) is 4.79 Å². The fourth-order valence-electron chi connectivity index (χ4n) is 5.19. The van der Waals surface area contributed by atoms with Crippen LogP contribution in [0.3, 0.4) is 0 Å². The molecule has 7 heteroatoms. The summed E-state index contributed by atoms with van der Waals surface area (Å²) in [7, 11) is 0. The molecule has 188 valence electrons. The van der Waals surface area contributed by atoms with Crippen LogP contribution in [0, 0.1) is 0 Å². The van der Waals surface area contributed by atoms with Gasteiger partial charge in [-0.2, -0.15) is 11.8 Å². The quantitative estimate of drug-likeness (QED) is 0.298. The third-order valence-electron chi connectivity index (χ3n) is 6.89. The number of rotatable bonds is 9. The van der Waals surface area contributed by atoms with Crippen molar-refractivity contribution in [1.29, 1.82) is 0 Å². The van der Waals surface area contributed by atoms with Crippen LogP contribution in [0.2, 0.25) is 0 Å². The normalized spacial score (nSPS) is 20.8. The first-order valence-corrected chi connectivity index (χ1v) is 14.6. The molecule has 2 aliphatic heterocycles. The number of benzene rings is 2. The van der Waals surface area contributed by atoms with E-state index in [-0.39, 0.29) is 30.1 Å². The Hall–Kier alpha value is -2.77. The van der Waals surface area contributed by atoms with E-state index in [2.05, 4.69) is 34.5 Å². The smallest absolute Gasteiger partial charge is 0.338 e. The van der Waals surface area contributed by atoms with Crippen LogP contribution in [0.25, 0.3) is 0 Å². The minimum atomic E-state index is -0.320. The van der Waals surface area contributed by atoms with Crippen molar-refractivity contribution in [2.24, 2.45) is 0 Å². The fraction of sp³-hybridized carbons (Fsp3) is 0.379. The minimum absolute atomic E-state index is 0.0720. The third-order valence-corrected chi connectivity index (χ3v) is 9.00. The maximum atomic E-state index is 13.4. The summed E-state index contributed by atoms with van der Waals surface area (Å²) in [6, 6.07) is 20.0. The van der Waals surface area contributed by atoms with E-state index < -0.39 is 0 Å². The molecule has 0 saturated carbocycles. The molecule has 3 atom stereocenters. The van der Waals surface area contributed by atoms with Gasteiger partial charge in [-0.3, -0.25) is 4.79 Å². The highest BCUT2D eigenvalue weighted by atomic mass is 32.2. The summed E-state index contributed by atoms with van der Waals surface area (Å²) >= 11 is 3.69. The highest BCUT2D eigenvalue weighted by molar-refractivity contribution is 7.97. The zero-order chi connectivity index (χ0) is 24.9. The van der Waals surface area contributed by atoms with Crippen molar-refractivity contribution in [3.8, 4) is 5.75 Å². The van der Waals surface area contributed by atoms with Crippen LogP contribution in [0.5, 0.6) is 5.75 Å². The monoisotopic (exact) mass is 521 g/mol. The molecule has 36 heavy (non-hydrogen) atoms. The van der Waals surface area contributed by atoms with Crippen LogP contribution in [-0.2, 0) is 16.2 Å². The fourth-order valence-corrected chi connectivity index (χ4v) is 7.03. The second kappa shape index (κ2) is 11.5. The predicted octanol–water partition coefficient (Wildman–Crippen LogP) is 6.57. The Morgan fingerprint density at radius 2 is 1.64 bits per heavy atom. The van der Waals surface area contributed by atoms with Gasteiger partial charge in [-0.15, -0.1) is 11.3 Å². The minimum Gasteiger partial charge on any atom is -0.490 e. The number of fused-ring (bicyclic) bond motifs is 2. The van der Waals surface area contributed by atoms with Crippen molar-refractivity contribution >= 4 is 35.0 Å². The Bertz CT molecular complexity index is 1150. The largest absolute Gasteiger partial charge is 0.490 e. The maximum Gasteiger partial charge on any atom is 0.338 e. The van der Waals surface area contributed by atoms with E-state index in [1.807, 2.05) is 36.0 Å². The van der Waals surface area contributed by atoms with Gasteiger partial charge in [0.05, 0.1) is 12.2 Å². The van der Waals surface area contributed by atoms with Crippen molar-refractivity contribution in [1.82, 2.24) is 4.90 Å². The van der Waals surface area contributed by atoms with Crippen LogP contribution >= 0.6 is 23.1 Å². The number of thioether (sulfide) groups is 1. The second-order valence-corrected chi connectivity index (χ2v) is 11.3. The average molecular weight is 522 g/mol. The maximum absolute atomic E-state index is 13.4. The van der Waals surface area contributed by atoms with Crippen LogP contribution < -0.4 is 4.74 Å². The van der Waals surface area contributed by atoms with Crippen LogP contribution in [0.1, 0.15) is 63.8 Å². The Morgan fingerprint density at radius 1 is 0.944 bits per heavy atom. The van der Waals surface area contributed by atoms with Crippen LogP contribution in [0.4, 0.5) is 0 Å².